The van der Waals surface area contributed by atoms with Crippen LogP contribution in [-0.4, -0.2) is 21.1 Å². The van der Waals surface area contributed by atoms with Crippen LogP contribution in [0.4, 0.5) is 0 Å². The van der Waals surface area contributed by atoms with Gasteiger partial charge in [-0.2, -0.15) is 5.10 Å². The molecular weight excluding hydrogens is 264 g/mol. The zero-order valence-electron chi connectivity index (χ0n) is 11.3. The van der Waals surface area contributed by atoms with E-state index in [0.29, 0.717) is 6.42 Å². The Bertz CT molecular complexity index is 827. The van der Waals surface area contributed by atoms with Crippen LogP contribution in [0.1, 0.15) is 23.6 Å². The molecule has 104 valence electrons. The molecule has 1 aliphatic carbocycles. The maximum Gasteiger partial charge on any atom is 0.230 e. The fourth-order valence-corrected chi connectivity index (χ4v) is 3.17. The van der Waals surface area contributed by atoms with Gasteiger partial charge in [0.15, 0.2) is 0 Å². The van der Waals surface area contributed by atoms with Crippen molar-refractivity contribution in [3.05, 3.63) is 60.0 Å². The number of nitrogens with zero attached hydrogens (tertiary/aromatic N) is 2. The molecule has 0 radical (unpaired) electrons. The fourth-order valence-electron chi connectivity index (χ4n) is 3.17. The number of aromatic nitrogens is 3. The molecule has 2 atom stereocenters. The molecule has 0 saturated heterocycles. The molecule has 2 unspecified atom stereocenters. The molecular formula is C16H14N4O. The molecule has 0 bridgehead atoms. The number of benzene rings is 1. The lowest BCUT2D eigenvalue weighted by Crippen LogP contribution is -2.30. The third-order valence-corrected chi connectivity index (χ3v) is 4.41. The Morgan fingerprint density at radius 1 is 1.29 bits per heavy atom. The zero-order valence-corrected chi connectivity index (χ0v) is 11.3. The van der Waals surface area contributed by atoms with E-state index in [1.54, 1.807) is 12.4 Å². The number of hydrogen-bond acceptors (Lipinski definition) is 3. The number of rotatable bonds is 3. The largest absolute Gasteiger partial charge is 0.369 e. The van der Waals surface area contributed by atoms with E-state index in [1.807, 2.05) is 30.3 Å². The standard InChI is InChI=1S/C16H14N4O/c17-15(21)16(14-5-7-19-20-14)9-12(16)11-4-3-10-2-1-6-18-13(10)8-11/h1-8,12H,9H2,(H2,17,21)(H,19,20). The predicted octanol–water partition coefficient (Wildman–Crippen LogP) is 1.87. The van der Waals surface area contributed by atoms with Crippen molar-refractivity contribution in [3.63, 3.8) is 0 Å². The maximum atomic E-state index is 12.0. The van der Waals surface area contributed by atoms with Gasteiger partial charge in [-0.25, -0.2) is 0 Å². The van der Waals surface area contributed by atoms with Gasteiger partial charge in [0.25, 0.3) is 0 Å². The van der Waals surface area contributed by atoms with E-state index in [0.717, 1.165) is 22.2 Å². The van der Waals surface area contributed by atoms with Crippen molar-refractivity contribution >= 4 is 16.8 Å². The Morgan fingerprint density at radius 2 is 2.19 bits per heavy atom. The maximum absolute atomic E-state index is 12.0. The van der Waals surface area contributed by atoms with Crippen LogP contribution in [0.15, 0.2) is 48.8 Å². The minimum absolute atomic E-state index is 0.0851. The molecule has 1 fully saturated rings. The van der Waals surface area contributed by atoms with Gasteiger partial charge < -0.3 is 5.73 Å². The minimum atomic E-state index is -0.654. The Kier molecular flexibility index (Phi) is 2.39. The first-order chi connectivity index (χ1) is 10.2. The number of carbonyl (C=O) groups excluding carboxylic acids is 1. The van der Waals surface area contributed by atoms with Crippen molar-refractivity contribution < 1.29 is 4.79 Å². The Balaban J connectivity index is 1.78. The molecule has 5 heteroatoms. The second kappa shape index (κ2) is 4.15. The quantitative estimate of drug-likeness (QED) is 0.767. The number of aromatic amines is 1. The molecule has 0 aliphatic heterocycles. The van der Waals surface area contributed by atoms with Crippen LogP contribution in [0, 0.1) is 0 Å². The van der Waals surface area contributed by atoms with E-state index in [2.05, 4.69) is 21.2 Å². The van der Waals surface area contributed by atoms with E-state index in [1.165, 1.54) is 0 Å². The van der Waals surface area contributed by atoms with Gasteiger partial charge in [-0.05, 0) is 30.2 Å². The molecule has 0 spiro atoms. The van der Waals surface area contributed by atoms with E-state index < -0.39 is 5.41 Å². The summed E-state index contributed by atoms with van der Waals surface area (Å²) in [5, 5.41) is 7.93. The van der Waals surface area contributed by atoms with Gasteiger partial charge in [0.05, 0.1) is 16.6 Å². The molecule has 1 aliphatic rings. The highest BCUT2D eigenvalue weighted by Crippen LogP contribution is 2.59. The first-order valence-electron chi connectivity index (χ1n) is 6.86. The van der Waals surface area contributed by atoms with Crippen molar-refractivity contribution in [2.24, 2.45) is 5.73 Å². The first kappa shape index (κ1) is 12.1. The van der Waals surface area contributed by atoms with E-state index in [9.17, 15) is 4.79 Å². The molecule has 1 aromatic carbocycles. The summed E-state index contributed by atoms with van der Waals surface area (Å²) in [6.45, 7) is 0. The summed E-state index contributed by atoms with van der Waals surface area (Å²) in [7, 11) is 0. The Labute approximate surface area is 121 Å². The van der Waals surface area contributed by atoms with Crippen molar-refractivity contribution in [3.8, 4) is 0 Å². The second-order valence-electron chi connectivity index (χ2n) is 5.52. The number of amides is 1. The molecule has 3 N–H and O–H groups in total. The van der Waals surface area contributed by atoms with Crippen LogP contribution in [0.3, 0.4) is 0 Å². The highest BCUT2D eigenvalue weighted by atomic mass is 16.1. The highest BCUT2D eigenvalue weighted by molar-refractivity contribution is 5.92. The van der Waals surface area contributed by atoms with E-state index in [-0.39, 0.29) is 11.8 Å². The van der Waals surface area contributed by atoms with Crippen molar-refractivity contribution in [2.75, 3.05) is 0 Å². The van der Waals surface area contributed by atoms with Crippen LogP contribution in [0.5, 0.6) is 0 Å². The number of primary amides is 1. The Morgan fingerprint density at radius 3 is 2.95 bits per heavy atom. The van der Waals surface area contributed by atoms with Gasteiger partial charge in [0, 0.05) is 23.7 Å². The first-order valence-corrected chi connectivity index (χ1v) is 6.86. The zero-order chi connectivity index (χ0) is 14.4. The summed E-state index contributed by atoms with van der Waals surface area (Å²) in [4.78, 5) is 16.4. The fraction of sp³-hybridized carbons (Fsp3) is 0.188. The number of nitrogens with one attached hydrogen (secondary N) is 1. The van der Waals surface area contributed by atoms with Crippen LogP contribution in [0.2, 0.25) is 0 Å². The van der Waals surface area contributed by atoms with Crippen LogP contribution < -0.4 is 5.73 Å². The van der Waals surface area contributed by atoms with Crippen LogP contribution in [-0.2, 0) is 10.2 Å². The van der Waals surface area contributed by atoms with Gasteiger partial charge in [-0.1, -0.05) is 18.2 Å². The van der Waals surface area contributed by atoms with E-state index in [4.69, 9.17) is 5.73 Å². The predicted molar refractivity (Wildman–Crippen MR) is 78.6 cm³/mol. The van der Waals surface area contributed by atoms with E-state index >= 15 is 0 Å². The van der Waals surface area contributed by atoms with Gasteiger partial charge in [-0.3, -0.25) is 14.9 Å². The van der Waals surface area contributed by atoms with Gasteiger partial charge in [0.1, 0.15) is 0 Å². The van der Waals surface area contributed by atoms with Gasteiger partial charge in [-0.15, -0.1) is 0 Å². The number of nitrogens with two attached hydrogens (primary N) is 1. The summed E-state index contributed by atoms with van der Waals surface area (Å²) < 4.78 is 0. The molecule has 3 aromatic rings. The van der Waals surface area contributed by atoms with Crippen molar-refractivity contribution in [1.29, 1.82) is 0 Å². The number of H-pyrrole nitrogens is 1. The lowest BCUT2D eigenvalue weighted by molar-refractivity contribution is -0.120. The molecule has 4 rings (SSSR count). The molecule has 2 heterocycles. The summed E-state index contributed by atoms with van der Waals surface area (Å²) in [6, 6.07) is 11.9. The number of pyridine rings is 1. The molecule has 5 nitrogen and oxygen atoms in total. The Hall–Kier alpha value is -2.69. The number of carbonyl (C=O) groups is 1. The third-order valence-electron chi connectivity index (χ3n) is 4.41. The molecule has 2 aromatic heterocycles. The highest BCUT2D eigenvalue weighted by Gasteiger charge is 2.61. The monoisotopic (exact) mass is 278 g/mol. The molecule has 21 heavy (non-hydrogen) atoms. The van der Waals surface area contributed by atoms with Gasteiger partial charge in [0.2, 0.25) is 5.91 Å². The second-order valence-corrected chi connectivity index (χ2v) is 5.52. The minimum Gasteiger partial charge on any atom is -0.369 e. The lowest BCUT2D eigenvalue weighted by atomic mass is 9.94. The van der Waals surface area contributed by atoms with Crippen LogP contribution in [0.25, 0.3) is 10.9 Å². The SMILES string of the molecule is NC(=O)C1(c2ccn[nH]2)CC1c1ccc2cccnc2c1. The number of fused-ring (bicyclic) bond motifs is 1. The average molecular weight is 278 g/mol. The van der Waals surface area contributed by atoms with Crippen molar-refractivity contribution in [2.45, 2.75) is 17.8 Å². The smallest absolute Gasteiger partial charge is 0.230 e. The normalized spacial score (nSPS) is 24.1. The average Bonchev–Trinajstić information content (AvgIpc) is 3.04. The summed E-state index contributed by atoms with van der Waals surface area (Å²) in [6.07, 6.45) is 4.13. The third kappa shape index (κ3) is 1.67. The summed E-state index contributed by atoms with van der Waals surface area (Å²) in [5.41, 5.74) is 7.83. The summed E-state index contributed by atoms with van der Waals surface area (Å²) >= 11 is 0. The van der Waals surface area contributed by atoms with Crippen molar-refractivity contribution in [1.82, 2.24) is 15.2 Å². The van der Waals surface area contributed by atoms with Crippen LogP contribution >= 0.6 is 0 Å². The van der Waals surface area contributed by atoms with Gasteiger partial charge >= 0.3 is 0 Å². The lowest BCUT2D eigenvalue weighted by Gasteiger charge is -2.11. The molecule has 1 amide bonds. The summed E-state index contributed by atoms with van der Waals surface area (Å²) in [5.74, 6) is -0.222. The number of hydrogen-bond donors (Lipinski definition) is 2. The topological polar surface area (TPSA) is 84.7 Å². The molecule has 1 saturated carbocycles.